The Hall–Kier alpha value is -2.40. The molecule has 0 aliphatic carbocycles. The van der Waals surface area contributed by atoms with E-state index < -0.39 is 4.92 Å². The quantitative estimate of drug-likeness (QED) is 0.480. The Balaban J connectivity index is 2.30. The molecular formula is C15H12ClNO4. The van der Waals surface area contributed by atoms with Crippen LogP contribution in [0, 0.1) is 10.1 Å². The second-order valence-electron chi connectivity index (χ2n) is 4.37. The molecule has 0 N–H and O–H groups in total. The van der Waals surface area contributed by atoms with Crippen molar-refractivity contribution in [1.82, 2.24) is 0 Å². The number of ketones is 1. The van der Waals surface area contributed by atoms with E-state index >= 15 is 0 Å². The zero-order chi connectivity index (χ0) is 15.4. The first-order valence-corrected chi connectivity index (χ1v) is 6.49. The number of nitro benzene ring substituents is 1. The average Bonchev–Trinajstić information content (AvgIpc) is 2.47. The maximum atomic E-state index is 12.3. The van der Waals surface area contributed by atoms with Gasteiger partial charge in [0.2, 0.25) is 0 Å². The Bertz CT molecular complexity index is 700. The molecule has 108 valence electrons. The van der Waals surface area contributed by atoms with Crippen molar-refractivity contribution < 1.29 is 14.5 Å². The number of rotatable bonds is 5. The minimum absolute atomic E-state index is 0.0484. The Kier molecular flexibility index (Phi) is 4.55. The van der Waals surface area contributed by atoms with Gasteiger partial charge < -0.3 is 4.74 Å². The van der Waals surface area contributed by atoms with Crippen molar-refractivity contribution in [3.63, 3.8) is 0 Å². The Morgan fingerprint density at radius 2 is 2.05 bits per heavy atom. The van der Waals surface area contributed by atoms with Crippen LogP contribution in [0.3, 0.4) is 0 Å². The van der Waals surface area contributed by atoms with Crippen molar-refractivity contribution in [2.75, 3.05) is 7.11 Å². The normalized spacial score (nSPS) is 10.2. The van der Waals surface area contributed by atoms with E-state index in [1.165, 1.54) is 25.3 Å². The predicted octanol–water partition coefficient (Wildman–Crippen LogP) is 3.68. The highest BCUT2D eigenvalue weighted by Gasteiger charge is 2.20. The zero-order valence-electron chi connectivity index (χ0n) is 11.2. The van der Waals surface area contributed by atoms with E-state index in [9.17, 15) is 14.9 Å². The monoisotopic (exact) mass is 305 g/mol. The number of carbonyl (C=O) groups excluding carboxylic acids is 1. The fourth-order valence-corrected chi connectivity index (χ4v) is 2.12. The number of hydrogen-bond donors (Lipinski definition) is 0. The van der Waals surface area contributed by atoms with Crippen LogP contribution in [-0.4, -0.2) is 17.8 Å². The van der Waals surface area contributed by atoms with Gasteiger partial charge in [0.25, 0.3) is 5.69 Å². The predicted molar refractivity (Wildman–Crippen MR) is 79.1 cm³/mol. The maximum Gasteiger partial charge on any atom is 0.281 e. The first kappa shape index (κ1) is 15.0. The van der Waals surface area contributed by atoms with Gasteiger partial charge in [-0.3, -0.25) is 14.9 Å². The molecule has 2 aromatic carbocycles. The average molecular weight is 306 g/mol. The smallest absolute Gasteiger partial charge is 0.281 e. The highest BCUT2D eigenvalue weighted by molar-refractivity contribution is 6.31. The summed E-state index contributed by atoms with van der Waals surface area (Å²) < 4.78 is 5.08. The van der Waals surface area contributed by atoms with Gasteiger partial charge in [-0.05, 0) is 29.8 Å². The number of ether oxygens (including phenoxy) is 1. The number of methoxy groups -OCH3 is 1. The van der Waals surface area contributed by atoms with Crippen LogP contribution in [0.4, 0.5) is 5.69 Å². The number of halogens is 1. The second kappa shape index (κ2) is 6.37. The molecule has 0 aliphatic heterocycles. The van der Waals surface area contributed by atoms with Crippen LogP contribution in [0.2, 0.25) is 5.02 Å². The lowest BCUT2D eigenvalue weighted by Gasteiger charge is -2.05. The summed E-state index contributed by atoms with van der Waals surface area (Å²) in [5, 5.41) is 11.2. The van der Waals surface area contributed by atoms with Crippen molar-refractivity contribution >= 4 is 23.1 Å². The Morgan fingerprint density at radius 3 is 2.71 bits per heavy atom. The van der Waals surface area contributed by atoms with Crippen molar-refractivity contribution in [3.05, 3.63) is 68.7 Å². The largest absolute Gasteiger partial charge is 0.497 e. The van der Waals surface area contributed by atoms with Crippen molar-refractivity contribution in [3.8, 4) is 5.75 Å². The molecule has 0 fully saturated rings. The molecule has 5 nitrogen and oxygen atoms in total. The lowest BCUT2D eigenvalue weighted by Crippen LogP contribution is -2.07. The van der Waals surface area contributed by atoms with Gasteiger partial charge in [0.15, 0.2) is 5.78 Å². The molecule has 0 heterocycles. The maximum absolute atomic E-state index is 12.3. The first-order valence-electron chi connectivity index (χ1n) is 6.11. The number of hydrogen-bond acceptors (Lipinski definition) is 4. The molecule has 21 heavy (non-hydrogen) atoms. The third-order valence-electron chi connectivity index (χ3n) is 2.96. The minimum Gasteiger partial charge on any atom is -0.497 e. The first-order chi connectivity index (χ1) is 10.0. The Labute approximate surface area is 126 Å². The summed E-state index contributed by atoms with van der Waals surface area (Å²) in [6.45, 7) is 0. The topological polar surface area (TPSA) is 69.4 Å². The molecule has 6 heteroatoms. The molecule has 0 radical (unpaired) electrons. The summed E-state index contributed by atoms with van der Waals surface area (Å²) >= 11 is 5.73. The minimum atomic E-state index is -0.606. The van der Waals surface area contributed by atoms with Crippen LogP contribution in [0.5, 0.6) is 5.75 Å². The summed E-state index contributed by atoms with van der Waals surface area (Å²) in [4.78, 5) is 22.7. The molecule has 0 saturated carbocycles. The van der Waals surface area contributed by atoms with Crippen LogP contribution in [0.15, 0.2) is 42.5 Å². The van der Waals surface area contributed by atoms with Gasteiger partial charge in [0.1, 0.15) is 5.75 Å². The molecule has 0 aromatic heterocycles. The van der Waals surface area contributed by atoms with Gasteiger partial charge in [0.05, 0.1) is 17.6 Å². The fraction of sp³-hybridized carbons (Fsp3) is 0.133. The number of nitro groups is 1. The van der Waals surface area contributed by atoms with Crippen LogP contribution < -0.4 is 4.74 Å². The standard InChI is InChI=1S/C15H12ClNO4/c1-21-12-4-2-3-10(7-12)8-15(18)13-6-5-11(16)9-14(13)17(19)20/h2-7,9H,8H2,1H3. The lowest BCUT2D eigenvalue weighted by atomic mass is 10.0. The molecule has 0 atom stereocenters. The van der Waals surface area contributed by atoms with Crippen molar-refractivity contribution in [1.29, 1.82) is 0 Å². The van der Waals surface area contributed by atoms with Gasteiger partial charge in [-0.1, -0.05) is 23.7 Å². The SMILES string of the molecule is COc1cccc(CC(=O)c2ccc(Cl)cc2[N+](=O)[O-])c1. The summed E-state index contributed by atoms with van der Waals surface area (Å²) in [6.07, 6.45) is 0.0552. The van der Waals surface area contributed by atoms with Crippen LogP contribution in [0.25, 0.3) is 0 Å². The summed E-state index contributed by atoms with van der Waals surface area (Å²) in [7, 11) is 1.53. The van der Waals surface area contributed by atoms with E-state index in [-0.39, 0.29) is 28.5 Å². The van der Waals surface area contributed by atoms with Gasteiger partial charge in [0, 0.05) is 17.5 Å². The third kappa shape index (κ3) is 3.58. The van der Waals surface area contributed by atoms with E-state index in [1.54, 1.807) is 24.3 Å². The van der Waals surface area contributed by atoms with Gasteiger partial charge in [-0.15, -0.1) is 0 Å². The van der Waals surface area contributed by atoms with E-state index in [4.69, 9.17) is 16.3 Å². The summed E-state index contributed by atoms with van der Waals surface area (Å²) in [6, 6.07) is 11.0. The second-order valence-corrected chi connectivity index (χ2v) is 4.81. The van der Waals surface area contributed by atoms with Crippen LogP contribution in [-0.2, 0) is 6.42 Å². The molecule has 0 spiro atoms. The van der Waals surface area contributed by atoms with E-state index in [1.807, 2.05) is 0 Å². The van der Waals surface area contributed by atoms with Crippen LogP contribution in [0.1, 0.15) is 15.9 Å². The van der Waals surface area contributed by atoms with E-state index in [0.29, 0.717) is 5.75 Å². The van der Waals surface area contributed by atoms with Gasteiger partial charge in [-0.25, -0.2) is 0 Å². The number of Topliss-reactive ketones (excluding diaryl/α,β-unsaturated/α-hetero) is 1. The number of carbonyl (C=O) groups is 1. The summed E-state index contributed by atoms with van der Waals surface area (Å²) in [5.74, 6) is 0.289. The molecule has 0 unspecified atom stereocenters. The highest BCUT2D eigenvalue weighted by Crippen LogP contribution is 2.25. The van der Waals surface area contributed by atoms with E-state index in [0.717, 1.165) is 5.56 Å². The molecule has 0 aliphatic rings. The fourth-order valence-electron chi connectivity index (χ4n) is 1.95. The van der Waals surface area contributed by atoms with Crippen molar-refractivity contribution in [2.24, 2.45) is 0 Å². The van der Waals surface area contributed by atoms with Gasteiger partial charge >= 0.3 is 0 Å². The van der Waals surface area contributed by atoms with Crippen molar-refractivity contribution in [2.45, 2.75) is 6.42 Å². The van der Waals surface area contributed by atoms with Gasteiger partial charge in [-0.2, -0.15) is 0 Å². The number of benzene rings is 2. The lowest BCUT2D eigenvalue weighted by molar-refractivity contribution is -0.385. The number of nitrogens with zero attached hydrogens (tertiary/aromatic N) is 1. The van der Waals surface area contributed by atoms with E-state index in [2.05, 4.69) is 0 Å². The highest BCUT2D eigenvalue weighted by atomic mass is 35.5. The molecule has 2 rings (SSSR count). The zero-order valence-corrected chi connectivity index (χ0v) is 12.0. The Morgan fingerprint density at radius 1 is 1.29 bits per heavy atom. The third-order valence-corrected chi connectivity index (χ3v) is 3.19. The molecule has 0 amide bonds. The van der Waals surface area contributed by atoms with Crippen LogP contribution >= 0.6 is 11.6 Å². The molecule has 0 bridgehead atoms. The molecule has 2 aromatic rings. The molecular weight excluding hydrogens is 294 g/mol. The molecule has 0 saturated heterocycles. The summed E-state index contributed by atoms with van der Waals surface area (Å²) in [5.41, 5.74) is 0.492.